The van der Waals surface area contributed by atoms with Crippen LogP contribution in [0.4, 0.5) is 0 Å². The van der Waals surface area contributed by atoms with Crippen molar-refractivity contribution in [2.75, 3.05) is 26.2 Å². The molecule has 0 unspecified atom stereocenters. The normalized spacial score (nSPS) is 17.1. The zero-order valence-corrected chi connectivity index (χ0v) is 13.0. The number of aliphatic hydroxyl groups excluding tert-OH is 1. The summed E-state index contributed by atoms with van der Waals surface area (Å²) >= 11 is 0. The SMILES string of the molecule is CCNC(=NCCc1ccncc1C)N1CCC(O)CC1. The van der Waals surface area contributed by atoms with Crippen LogP contribution in [0.3, 0.4) is 0 Å². The lowest BCUT2D eigenvalue weighted by molar-refractivity contribution is 0.108. The lowest BCUT2D eigenvalue weighted by atomic mass is 10.1. The fourth-order valence-electron chi connectivity index (χ4n) is 2.57. The molecule has 0 atom stereocenters. The molecule has 116 valence electrons. The first-order valence-corrected chi connectivity index (χ1v) is 7.81. The van der Waals surface area contributed by atoms with Gasteiger partial charge in [-0.2, -0.15) is 0 Å². The average molecular weight is 290 g/mol. The molecule has 2 heterocycles. The lowest BCUT2D eigenvalue weighted by Gasteiger charge is -2.32. The van der Waals surface area contributed by atoms with Crippen LogP contribution in [-0.2, 0) is 6.42 Å². The molecular formula is C16H26N4O. The highest BCUT2D eigenvalue weighted by Gasteiger charge is 2.19. The third kappa shape index (κ3) is 4.70. The van der Waals surface area contributed by atoms with Crippen molar-refractivity contribution in [2.45, 2.75) is 39.2 Å². The van der Waals surface area contributed by atoms with E-state index in [9.17, 15) is 5.11 Å². The van der Waals surface area contributed by atoms with E-state index in [2.05, 4.69) is 35.1 Å². The van der Waals surface area contributed by atoms with Crippen LogP contribution in [0.25, 0.3) is 0 Å². The van der Waals surface area contributed by atoms with Crippen molar-refractivity contribution in [2.24, 2.45) is 4.99 Å². The second-order valence-corrected chi connectivity index (χ2v) is 5.51. The monoisotopic (exact) mass is 290 g/mol. The molecule has 0 bridgehead atoms. The molecule has 1 aromatic rings. The number of pyridine rings is 1. The van der Waals surface area contributed by atoms with Gasteiger partial charge < -0.3 is 15.3 Å². The van der Waals surface area contributed by atoms with Gasteiger partial charge in [0, 0.05) is 38.6 Å². The molecule has 0 amide bonds. The molecule has 1 fully saturated rings. The van der Waals surface area contributed by atoms with E-state index in [1.165, 1.54) is 11.1 Å². The minimum Gasteiger partial charge on any atom is -0.393 e. The summed E-state index contributed by atoms with van der Waals surface area (Å²) in [6.07, 6.45) is 6.17. The summed E-state index contributed by atoms with van der Waals surface area (Å²) in [6, 6.07) is 2.06. The molecule has 1 aliphatic rings. The summed E-state index contributed by atoms with van der Waals surface area (Å²) in [5, 5.41) is 13.0. The molecule has 5 heteroatoms. The maximum absolute atomic E-state index is 9.60. The molecule has 5 nitrogen and oxygen atoms in total. The largest absolute Gasteiger partial charge is 0.393 e. The Kier molecular flexibility index (Phi) is 5.99. The number of nitrogens with zero attached hydrogens (tertiary/aromatic N) is 3. The number of likely N-dealkylation sites (tertiary alicyclic amines) is 1. The smallest absolute Gasteiger partial charge is 0.193 e. The molecule has 21 heavy (non-hydrogen) atoms. The van der Waals surface area contributed by atoms with E-state index in [-0.39, 0.29) is 6.10 Å². The van der Waals surface area contributed by atoms with E-state index in [0.717, 1.165) is 51.4 Å². The topological polar surface area (TPSA) is 60.8 Å². The summed E-state index contributed by atoms with van der Waals surface area (Å²) in [5.41, 5.74) is 2.53. The minimum atomic E-state index is -0.149. The van der Waals surface area contributed by atoms with Gasteiger partial charge in [0.25, 0.3) is 0 Å². The number of guanidine groups is 1. The van der Waals surface area contributed by atoms with E-state index in [1.54, 1.807) is 0 Å². The first kappa shape index (κ1) is 15.8. The first-order chi connectivity index (χ1) is 10.2. The van der Waals surface area contributed by atoms with Gasteiger partial charge in [-0.3, -0.25) is 9.98 Å². The molecule has 2 N–H and O–H groups in total. The van der Waals surface area contributed by atoms with Crippen LogP contribution >= 0.6 is 0 Å². The second kappa shape index (κ2) is 7.98. The number of hydrogen-bond acceptors (Lipinski definition) is 3. The lowest BCUT2D eigenvalue weighted by Crippen LogP contribution is -2.46. The van der Waals surface area contributed by atoms with Crippen LogP contribution in [0.1, 0.15) is 30.9 Å². The van der Waals surface area contributed by atoms with Crippen LogP contribution in [-0.4, -0.2) is 53.2 Å². The van der Waals surface area contributed by atoms with Crippen LogP contribution in [0.5, 0.6) is 0 Å². The van der Waals surface area contributed by atoms with Crippen molar-refractivity contribution >= 4 is 5.96 Å². The molecule has 1 aliphatic heterocycles. The molecular weight excluding hydrogens is 264 g/mol. The quantitative estimate of drug-likeness (QED) is 0.649. The molecule has 0 radical (unpaired) electrons. The van der Waals surface area contributed by atoms with Crippen molar-refractivity contribution in [3.05, 3.63) is 29.6 Å². The third-order valence-electron chi connectivity index (χ3n) is 3.88. The number of nitrogens with one attached hydrogen (secondary N) is 1. The van der Waals surface area contributed by atoms with Crippen LogP contribution in [0.2, 0.25) is 0 Å². The van der Waals surface area contributed by atoms with E-state index in [1.807, 2.05) is 12.4 Å². The van der Waals surface area contributed by atoms with Crippen LogP contribution < -0.4 is 5.32 Å². The first-order valence-electron chi connectivity index (χ1n) is 7.81. The van der Waals surface area contributed by atoms with E-state index in [4.69, 9.17) is 4.99 Å². The Morgan fingerprint density at radius 1 is 1.48 bits per heavy atom. The molecule has 2 rings (SSSR count). The van der Waals surface area contributed by atoms with Crippen molar-refractivity contribution < 1.29 is 5.11 Å². The van der Waals surface area contributed by atoms with Gasteiger partial charge in [0.15, 0.2) is 5.96 Å². The summed E-state index contributed by atoms with van der Waals surface area (Å²) in [7, 11) is 0. The van der Waals surface area contributed by atoms with Gasteiger partial charge in [-0.05, 0) is 50.3 Å². The van der Waals surface area contributed by atoms with Gasteiger partial charge in [-0.15, -0.1) is 0 Å². The van der Waals surface area contributed by atoms with Gasteiger partial charge in [-0.1, -0.05) is 0 Å². The molecule has 0 saturated carbocycles. The number of piperidine rings is 1. The van der Waals surface area contributed by atoms with Gasteiger partial charge in [0.1, 0.15) is 0 Å². The highest BCUT2D eigenvalue weighted by molar-refractivity contribution is 5.80. The molecule has 0 spiro atoms. The zero-order valence-electron chi connectivity index (χ0n) is 13.0. The Balaban J connectivity index is 1.93. The summed E-state index contributed by atoms with van der Waals surface area (Å²) in [6.45, 7) is 7.56. The second-order valence-electron chi connectivity index (χ2n) is 5.51. The maximum Gasteiger partial charge on any atom is 0.193 e. The summed E-state index contributed by atoms with van der Waals surface area (Å²) < 4.78 is 0. The van der Waals surface area contributed by atoms with Crippen molar-refractivity contribution in [3.63, 3.8) is 0 Å². The third-order valence-corrected chi connectivity index (χ3v) is 3.88. The van der Waals surface area contributed by atoms with Crippen LogP contribution in [0.15, 0.2) is 23.5 Å². The van der Waals surface area contributed by atoms with E-state index >= 15 is 0 Å². The number of aryl methyl sites for hydroxylation is 1. The van der Waals surface area contributed by atoms with Crippen LogP contribution in [0, 0.1) is 6.92 Å². The van der Waals surface area contributed by atoms with Crippen molar-refractivity contribution in [3.8, 4) is 0 Å². The fourth-order valence-corrected chi connectivity index (χ4v) is 2.57. The average Bonchev–Trinajstić information content (AvgIpc) is 2.49. The minimum absolute atomic E-state index is 0.149. The van der Waals surface area contributed by atoms with Gasteiger partial charge in [0.05, 0.1) is 6.10 Å². The number of rotatable bonds is 4. The standard InChI is InChI=1S/C16H26N4O/c1-3-18-16(20-10-6-15(21)7-11-20)19-9-5-14-4-8-17-12-13(14)2/h4,8,12,15,21H,3,5-7,9-11H2,1-2H3,(H,18,19). The van der Waals surface area contributed by atoms with Crippen molar-refractivity contribution in [1.29, 1.82) is 0 Å². The number of aliphatic hydroxyl groups is 1. The highest BCUT2D eigenvalue weighted by Crippen LogP contribution is 2.10. The maximum atomic E-state index is 9.60. The Hall–Kier alpha value is -1.62. The highest BCUT2D eigenvalue weighted by atomic mass is 16.3. The molecule has 1 aromatic heterocycles. The van der Waals surface area contributed by atoms with Crippen molar-refractivity contribution in [1.82, 2.24) is 15.2 Å². The summed E-state index contributed by atoms with van der Waals surface area (Å²) in [4.78, 5) is 11.1. The Morgan fingerprint density at radius 3 is 2.90 bits per heavy atom. The number of hydrogen-bond donors (Lipinski definition) is 2. The van der Waals surface area contributed by atoms with E-state index < -0.39 is 0 Å². The molecule has 1 saturated heterocycles. The summed E-state index contributed by atoms with van der Waals surface area (Å²) in [5.74, 6) is 0.969. The van der Waals surface area contributed by atoms with E-state index in [0.29, 0.717) is 0 Å². The van der Waals surface area contributed by atoms with Gasteiger partial charge >= 0.3 is 0 Å². The predicted molar refractivity (Wildman–Crippen MR) is 85.5 cm³/mol. The van der Waals surface area contributed by atoms with Gasteiger partial charge in [0.2, 0.25) is 0 Å². The zero-order chi connectivity index (χ0) is 15.1. The fraction of sp³-hybridized carbons (Fsp3) is 0.625. The molecule has 0 aliphatic carbocycles. The van der Waals surface area contributed by atoms with Gasteiger partial charge in [-0.25, -0.2) is 0 Å². The number of aromatic nitrogens is 1. The Morgan fingerprint density at radius 2 is 2.24 bits per heavy atom. The number of aliphatic imine (C=N–C) groups is 1. The Bertz CT molecular complexity index is 467. The molecule has 0 aromatic carbocycles. The predicted octanol–water partition coefficient (Wildman–Crippen LogP) is 1.35. The Labute approximate surface area is 127 Å².